The van der Waals surface area contributed by atoms with Crippen LogP contribution in [0.25, 0.3) is 11.1 Å². The molecule has 0 fully saturated rings. The maximum Gasteiger partial charge on any atom is 0.255 e. The van der Waals surface area contributed by atoms with Gasteiger partial charge in [-0.25, -0.2) is 0 Å². The number of aromatic hydroxyl groups is 1. The van der Waals surface area contributed by atoms with Gasteiger partial charge in [-0.2, -0.15) is 0 Å². The molecule has 3 N–H and O–H groups in total. The van der Waals surface area contributed by atoms with E-state index in [1.807, 2.05) is 66.8 Å². The van der Waals surface area contributed by atoms with Crippen LogP contribution in [0.1, 0.15) is 15.9 Å². The SMILES string of the molecule is COC1C=CC(NCc2ccc(C(=O)Nc3cc(-c4ccccc4)ccc3O)cc2)=CC1OC. The number of phenolic OH excluding ortho intramolecular Hbond substituents is 1. The fourth-order valence-electron chi connectivity index (χ4n) is 3.79. The Morgan fingerprint density at radius 3 is 2.35 bits per heavy atom. The van der Waals surface area contributed by atoms with Crippen LogP contribution in [-0.2, 0) is 16.0 Å². The van der Waals surface area contributed by atoms with E-state index in [4.69, 9.17) is 9.47 Å². The van der Waals surface area contributed by atoms with Gasteiger partial charge in [-0.3, -0.25) is 4.79 Å². The zero-order valence-electron chi connectivity index (χ0n) is 19.2. The number of carbonyl (C=O) groups is 1. The summed E-state index contributed by atoms with van der Waals surface area (Å²) in [4.78, 5) is 12.8. The molecule has 6 nitrogen and oxygen atoms in total. The van der Waals surface area contributed by atoms with Crippen molar-refractivity contribution in [3.63, 3.8) is 0 Å². The summed E-state index contributed by atoms with van der Waals surface area (Å²) in [6.45, 7) is 0.603. The molecular weight excluding hydrogens is 428 g/mol. The second-order valence-electron chi connectivity index (χ2n) is 7.98. The van der Waals surface area contributed by atoms with Gasteiger partial charge >= 0.3 is 0 Å². The number of amides is 1. The molecule has 0 radical (unpaired) electrons. The zero-order valence-corrected chi connectivity index (χ0v) is 19.2. The van der Waals surface area contributed by atoms with Gasteiger partial charge in [0.25, 0.3) is 5.91 Å². The van der Waals surface area contributed by atoms with Crippen molar-refractivity contribution in [3.05, 3.63) is 108 Å². The third kappa shape index (κ3) is 5.54. The number of allylic oxidation sites excluding steroid dienone is 1. The second kappa shape index (κ2) is 10.8. The summed E-state index contributed by atoms with van der Waals surface area (Å²) in [5, 5.41) is 16.4. The summed E-state index contributed by atoms with van der Waals surface area (Å²) in [6, 6.07) is 22.3. The number of hydrogen-bond acceptors (Lipinski definition) is 5. The largest absolute Gasteiger partial charge is 0.506 e. The number of carbonyl (C=O) groups excluding carboxylic acids is 1. The topological polar surface area (TPSA) is 79.8 Å². The van der Waals surface area contributed by atoms with E-state index >= 15 is 0 Å². The smallest absolute Gasteiger partial charge is 0.255 e. The van der Waals surface area contributed by atoms with E-state index < -0.39 is 0 Å². The van der Waals surface area contributed by atoms with Gasteiger partial charge in [0.15, 0.2) is 0 Å². The van der Waals surface area contributed by atoms with Crippen LogP contribution in [-0.4, -0.2) is 37.4 Å². The van der Waals surface area contributed by atoms with Gasteiger partial charge in [0.1, 0.15) is 18.0 Å². The summed E-state index contributed by atoms with van der Waals surface area (Å²) in [7, 11) is 3.32. The van der Waals surface area contributed by atoms with E-state index in [0.717, 1.165) is 22.4 Å². The van der Waals surface area contributed by atoms with Gasteiger partial charge in [-0.1, -0.05) is 54.6 Å². The van der Waals surface area contributed by atoms with Crippen molar-refractivity contribution in [1.29, 1.82) is 0 Å². The second-order valence-corrected chi connectivity index (χ2v) is 7.98. The summed E-state index contributed by atoms with van der Waals surface area (Å²) in [5.74, 6) is -0.265. The van der Waals surface area contributed by atoms with Gasteiger partial charge in [-0.05, 0) is 53.1 Å². The van der Waals surface area contributed by atoms with Crippen LogP contribution >= 0.6 is 0 Å². The maximum atomic E-state index is 12.8. The van der Waals surface area contributed by atoms with Crippen LogP contribution in [0.2, 0.25) is 0 Å². The molecule has 0 bridgehead atoms. The summed E-state index contributed by atoms with van der Waals surface area (Å²) < 4.78 is 10.8. The lowest BCUT2D eigenvalue weighted by atomic mass is 10.0. The van der Waals surface area contributed by atoms with Crippen LogP contribution in [0.4, 0.5) is 5.69 Å². The zero-order chi connectivity index (χ0) is 23.9. The monoisotopic (exact) mass is 456 g/mol. The Hall–Kier alpha value is -3.87. The van der Waals surface area contributed by atoms with E-state index in [9.17, 15) is 9.90 Å². The molecule has 1 aliphatic rings. The normalized spacial score (nSPS) is 17.2. The molecule has 6 heteroatoms. The standard InChI is InChI=1S/C28H28N2O4/c1-33-26-15-13-23(17-27(26)34-2)29-18-19-8-10-21(11-9-19)28(32)30-24-16-22(12-14-25(24)31)20-6-4-3-5-7-20/h3-17,26-27,29,31H,18H2,1-2H3,(H,30,32). The summed E-state index contributed by atoms with van der Waals surface area (Å²) in [6.07, 6.45) is 5.70. The molecule has 0 saturated heterocycles. The predicted octanol–water partition coefficient (Wildman–Crippen LogP) is 4.88. The Morgan fingerprint density at radius 2 is 1.65 bits per heavy atom. The molecule has 1 aliphatic carbocycles. The van der Waals surface area contributed by atoms with Crippen molar-refractivity contribution < 1.29 is 19.4 Å². The third-order valence-corrected chi connectivity index (χ3v) is 5.74. The van der Waals surface area contributed by atoms with E-state index in [2.05, 4.69) is 10.6 Å². The van der Waals surface area contributed by atoms with Crippen molar-refractivity contribution in [3.8, 4) is 16.9 Å². The summed E-state index contributed by atoms with van der Waals surface area (Å²) in [5.41, 5.74) is 4.78. The number of ether oxygens (including phenoxy) is 2. The Kier molecular flexibility index (Phi) is 7.42. The van der Waals surface area contributed by atoms with E-state index in [1.54, 1.807) is 38.5 Å². The lowest BCUT2D eigenvalue weighted by Gasteiger charge is -2.24. The maximum absolute atomic E-state index is 12.8. The number of methoxy groups -OCH3 is 2. The number of phenols is 1. The Bertz CT molecular complexity index is 1190. The lowest BCUT2D eigenvalue weighted by molar-refractivity contribution is 0.0132. The number of hydrogen-bond donors (Lipinski definition) is 3. The Labute approximate surface area is 199 Å². The number of benzene rings is 3. The van der Waals surface area contributed by atoms with Crippen molar-refractivity contribution in [2.75, 3.05) is 19.5 Å². The average molecular weight is 457 g/mol. The van der Waals surface area contributed by atoms with Crippen LogP contribution in [0.5, 0.6) is 5.75 Å². The highest BCUT2D eigenvalue weighted by Crippen LogP contribution is 2.30. The average Bonchev–Trinajstić information content (AvgIpc) is 2.89. The summed E-state index contributed by atoms with van der Waals surface area (Å²) >= 11 is 0. The Morgan fingerprint density at radius 1 is 0.912 bits per heavy atom. The van der Waals surface area contributed by atoms with Crippen molar-refractivity contribution in [1.82, 2.24) is 5.32 Å². The first-order valence-corrected chi connectivity index (χ1v) is 11.1. The molecule has 1 amide bonds. The highest BCUT2D eigenvalue weighted by atomic mass is 16.5. The molecule has 2 atom stereocenters. The van der Waals surface area contributed by atoms with Gasteiger partial charge < -0.3 is 25.2 Å². The van der Waals surface area contributed by atoms with Crippen molar-refractivity contribution in [2.45, 2.75) is 18.8 Å². The molecule has 174 valence electrons. The van der Waals surface area contributed by atoms with Crippen molar-refractivity contribution in [2.24, 2.45) is 0 Å². The van der Waals surface area contributed by atoms with Gasteiger partial charge in [0.2, 0.25) is 0 Å². The minimum absolute atomic E-state index is 0.0211. The first-order valence-electron chi connectivity index (χ1n) is 11.1. The highest BCUT2D eigenvalue weighted by molar-refractivity contribution is 6.05. The van der Waals surface area contributed by atoms with Gasteiger partial charge in [-0.15, -0.1) is 0 Å². The minimum atomic E-state index is -0.286. The number of nitrogens with one attached hydrogen (secondary N) is 2. The molecule has 0 spiro atoms. The molecule has 0 aromatic heterocycles. The van der Waals surface area contributed by atoms with Crippen LogP contribution in [0.15, 0.2) is 96.7 Å². The van der Waals surface area contributed by atoms with Gasteiger partial charge in [0.05, 0.1) is 5.69 Å². The molecule has 3 aromatic carbocycles. The molecule has 3 aromatic rings. The number of rotatable bonds is 8. The molecule has 2 unspecified atom stereocenters. The first-order chi connectivity index (χ1) is 16.6. The van der Waals surface area contributed by atoms with Crippen molar-refractivity contribution >= 4 is 11.6 Å². The van der Waals surface area contributed by atoms with E-state index in [1.165, 1.54) is 0 Å². The first kappa shape index (κ1) is 23.3. The van der Waals surface area contributed by atoms with E-state index in [0.29, 0.717) is 17.8 Å². The molecule has 34 heavy (non-hydrogen) atoms. The third-order valence-electron chi connectivity index (χ3n) is 5.74. The molecule has 4 rings (SSSR count). The van der Waals surface area contributed by atoms with Crippen LogP contribution in [0.3, 0.4) is 0 Å². The molecule has 0 heterocycles. The Balaban J connectivity index is 1.38. The highest BCUT2D eigenvalue weighted by Gasteiger charge is 2.20. The predicted molar refractivity (Wildman–Crippen MR) is 134 cm³/mol. The number of anilines is 1. The van der Waals surface area contributed by atoms with Crippen LogP contribution < -0.4 is 10.6 Å². The van der Waals surface area contributed by atoms with Gasteiger partial charge in [0, 0.05) is 32.0 Å². The van der Waals surface area contributed by atoms with E-state index in [-0.39, 0.29) is 23.9 Å². The fraction of sp³-hybridized carbons (Fsp3) is 0.179. The molecular formula is C28H28N2O4. The molecule has 0 saturated carbocycles. The molecule has 0 aliphatic heterocycles. The fourth-order valence-corrected chi connectivity index (χ4v) is 3.79. The minimum Gasteiger partial charge on any atom is -0.506 e. The lowest BCUT2D eigenvalue weighted by Crippen LogP contribution is -2.30. The quantitative estimate of drug-likeness (QED) is 0.421. The van der Waals surface area contributed by atoms with Crippen LogP contribution in [0, 0.1) is 0 Å².